The van der Waals surface area contributed by atoms with Crippen molar-refractivity contribution in [3.05, 3.63) is 11.8 Å². The first-order valence-electron chi connectivity index (χ1n) is 3.26. The molecule has 2 nitrogen and oxygen atoms in total. The molecule has 0 N–H and O–H groups in total. The Morgan fingerprint density at radius 1 is 1.78 bits per heavy atom. The Kier molecular flexibility index (Phi) is 1.88. The maximum Gasteiger partial charge on any atom is 0.0908 e. The molecule has 2 heteroatoms. The molecule has 0 atom stereocenters. The fraction of sp³-hybridized carbons (Fsp3) is 0.571. The summed E-state index contributed by atoms with van der Waals surface area (Å²) >= 11 is 0. The monoisotopic (exact) mass is 124 g/mol. The summed E-state index contributed by atoms with van der Waals surface area (Å²) in [5.74, 6) is 0. The van der Waals surface area contributed by atoms with Crippen LogP contribution in [0.1, 0.15) is 13.3 Å². The maximum absolute atomic E-state index is 4.19. The second-order valence-corrected chi connectivity index (χ2v) is 2.23. The zero-order valence-electron chi connectivity index (χ0n) is 5.96. The topological polar surface area (TPSA) is 15.6 Å². The number of aliphatic imine (C=N–C) groups is 1. The molecule has 1 aliphatic heterocycles. The summed E-state index contributed by atoms with van der Waals surface area (Å²) in [6, 6.07) is 0. The molecule has 0 amide bonds. The van der Waals surface area contributed by atoms with Gasteiger partial charge >= 0.3 is 0 Å². The summed E-state index contributed by atoms with van der Waals surface area (Å²) in [5, 5.41) is 0. The summed E-state index contributed by atoms with van der Waals surface area (Å²) < 4.78 is 0. The van der Waals surface area contributed by atoms with E-state index in [4.69, 9.17) is 0 Å². The van der Waals surface area contributed by atoms with Gasteiger partial charge in [0.05, 0.1) is 6.34 Å². The van der Waals surface area contributed by atoms with Crippen LogP contribution in [0.25, 0.3) is 0 Å². The van der Waals surface area contributed by atoms with Gasteiger partial charge in [-0.25, -0.2) is 4.99 Å². The van der Waals surface area contributed by atoms with Crippen LogP contribution in [0.15, 0.2) is 16.8 Å². The Morgan fingerprint density at radius 2 is 2.56 bits per heavy atom. The normalized spacial score (nSPS) is 18.0. The average Bonchev–Trinajstić information content (AvgIpc) is 1.90. The second-order valence-electron chi connectivity index (χ2n) is 2.23. The Hall–Kier alpha value is -0.790. The Balaban J connectivity index is 2.52. The summed E-state index contributed by atoms with van der Waals surface area (Å²) in [6.45, 7) is 3.13. The molecule has 0 bridgehead atoms. The third-order valence-corrected chi connectivity index (χ3v) is 1.40. The van der Waals surface area contributed by atoms with E-state index in [9.17, 15) is 0 Å². The third-order valence-electron chi connectivity index (χ3n) is 1.40. The number of hydrogen-bond acceptors (Lipinski definition) is 2. The van der Waals surface area contributed by atoms with E-state index in [0.29, 0.717) is 0 Å². The van der Waals surface area contributed by atoms with Crippen LogP contribution < -0.4 is 0 Å². The predicted molar refractivity (Wildman–Crippen MR) is 39.5 cm³/mol. The zero-order chi connectivity index (χ0) is 6.69. The van der Waals surface area contributed by atoms with Crippen LogP contribution in [0.5, 0.6) is 0 Å². The highest BCUT2D eigenvalue weighted by molar-refractivity contribution is 5.58. The molecule has 0 unspecified atom stereocenters. The first-order chi connectivity index (χ1) is 4.33. The Labute approximate surface area is 55.9 Å². The molecule has 0 saturated heterocycles. The molecule has 0 fully saturated rings. The first kappa shape index (κ1) is 6.33. The summed E-state index contributed by atoms with van der Waals surface area (Å²) in [6.07, 6.45) is 5.07. The summed E-state index contributed by atoms with van der Waals surface area (Å²) in [5.41, 5.74) is 1.20. The van der Waals surface area contributed by atoms with Crippen molar-refractivity contribution >= 4 is 6.34 Å². The van der Waals surface area contributed by atoms with Crippen molar-refractivity contribution < 1.29 is 0 Å². The molecule has 0 aliphatic carbocycles. The van der Waals surface area contributed by atoms with Gasteiger partial charge < -0.3 is 4.90 Å². The lowest BCUT2D eigenvalue weighted by Gasteiger charge is -2.14. The number of hydrogen-bond donors (Lipinski definition) is 0. The Morgan fingerprint density at radius 3 is 3.00 bits per heavy atom. The van der Waals surface area contributed by atoms with Gasteiger partial charge in [-0.3, -0.25) is 0 Å². The minimum absolute atomic E-state index is 1.01. The molecule has 0 aromatic carbocycles. The van der Waals surface area contributed by atoms with E-state index >= 15 is 0 Å². The first-order valence-corrected chi connectivity index (χ1v) is 3.26. The van der Waals surface area contributed by atoms with Gasteiger partial charge in [0.25, 0.3) is 0 Å². The van der Waals surface area contributed by atoms with E-state index in [2.05, 4.69) is 22.9 Å². The molecule has 0 spiro atoms. The molecular formula is C7H12N2. The lowest BCUT2D eigenvalue weighted by molar-refractivity contribution is 0.568. The Bertz CT molecular complexity index is 147. The minimum Gasteiger partial charge on any atom is -0.362 e. The molecule has 1 heterocycles. The van der Waals surface area contributed by atoms with Crippen molar-refractivity contribution in [3.63, 3.8) is 0 Å². The van der Waals surface area contributed by atoms with Gasteiger partial charge in [-0.05, 0) is 12.5 Å². The molecule has 0 radical (unpaired) electrons. The van der Waals surface area contributed by atoms with E-state index in [0.717, 1.165) is 13.0 Å². The van der Waals surface area contributed by atoms with Gasteiger partial charge in [0, 0.05) is 19.3 Å². The van der Waals surface area contributed by atoms with E-state index < -0.39 is 0 Å². The standard InChI is InChI=1S/C7H12N2/c1-3-7-4-5-9(2)6-8-7/h4,6H,3,5H2,1-2H3. The largest absolute Gasteiger partial charge is 0.362 e. The SMILES string of the molecule is CCC1=CCN(C)C=N1. The van der Waals surface area contributed by atoms with Crippen molar-refractivity contribution in [2.24, 2.45) is 4.99 Å². The molecule has 0 saturated carbocycles. The van der Waals surface area contributed by atoms with Crippen LogP contribution in [0.4, 0.5) is 0 Å². The van der Waals surface area contributed by atoms with Crippen LogP contribution in [0.2, 0.25) is 0 Å². The maximum atomic E-state index is 4.19. The van der Waals surface area contributed by atoms with Gasteiger partial charge in [-0.1, -0.05) is 6.92 Å². The van der Waals surface area contributed by atoms with Gasteiger partial charge in [0.2, 0.25) is 0 Å². The van der Waals surface area contributed by atoms with E-state index in [1.807, 2.05) is 13.4 Å². The minimum atomic E-state index is 1.01. The zero-order valence-corrected chi connectivity index (χ0v) is 5.96. The van der Waals surface area contributed by atoms with Gasteiger partial charge in [-0.2, -0.15) is 0 Å². The molecule has 0 aromatic rings. The quantitative estimate of drug-likeness (QED) is 0.513. The van der Waals surface area contributed by atoms with E-state index in [1.165, 1.54) is 5.70 Å². The van der Waals surface area contributed by atoms with Crippen LogP contribution in [-0.4, -0.2) is 24.8 Å². The smallest absolute Gasteiger partial charge is 0.0908 e. The van der Waals surface area contributed by atoms with Crippen molar-refractivity contribution in [2.75, 3.05) is 13.6 Å². The highest BCUT2D eigenvalue weighted by atomic mass is 15.1. The van der Waals surface area contributed by atoms with Crippen LogP contribution >= 0.6 is 0 Å². The average molecular weight is 124 g/mol. The highest BCUT2D eigenvalue weighted by Crippen LogP contribution is 2.04. The third kappa shape index (κ3) is 1.56. The molecule has 9 heavy (non-hydrogen) atoms. The number of nitrogens with zero attached hydrogens (tertiary/aromatic N) is 2. The van der Waals surface area contributed by atoms with Gasteiger partial charge in [-0.15, -0.1) is 0 Å². The summed E-state index contributed by atoms with van der Waals surface area (Å²) in [7, 11) is 2.02. The van der Waals surface area contributed by atoms with Crippen molar-refractivity contribution in [2.45, 2.75) is 13.3 Å². The molecule has 1 rings (SSSR count). The number of allylic oxidation sites excluding steroid dienone is 1. The molecule has 0 aromatic heterocycles. The fourth-order valence-electron chi connectivity index (χ4n) is 0.758. The number of rotatable bonds is 1. The predicted octanol–water partition coefficient (Wildman–Crippen LogP) is 1.25. The fourth-order valence-corrected chi connectivity index (χ4v) is 0.758. The molecule has 50 valence electrons. The lowest BCUT2D eigenvalue weighted by atomic mass is 10.3. The van der Waals surface area contributed by atoms with Crippen LogP contribution in [0, 0.1) is 0 Å². The molecule has 1 aliphatic rings. The summed E-state index contributed by atoms with van der Waals surface area (Å²) in [4.78, 5) is 6.25. The van der Waals surface area contributed by atoms with Gasteiger partial charge in [0.1, 0.15) is 0 Å². The van der Waals surface area contributed by atoms with Crippen molar-refractivity contribution in [1.29, 1.82) is 0 Å². The second kappa shape index (κ2) is 2.67. The van der Waals surface area contributed by atoms with Crippen LogP contribution in [-0.2, 0) is 0 Å². The van der Waals surface area contributed by atoms with Gasteiger partial charge in [0.15, 0.2) is 0 Å². The lowest BCUT2D eigenvalue weighted by Crippen LogP contribution is -2.18. The number of likely N-dealkylation sites (N-methyl/N-ethyl adjacent to an activating group) is 1. The van der Waals surface area contributed by atoms with E-state index in [-0.39, 0.29) is 0 Å². The van der Waals surface area contributed by atoms with Crippen LogP contribution in [0.3, 0.4) is 0 Å². The molecular weight excluding hydrogens is 112 g/mol. The van der Waals surface area contributed by atoms with E-state index in [1.54, 1.807) is 0 Å². The van der Waals surface area contributed by atoms with Crippen molar-refractivity contribution in [1.82, 2.24) is 4.90 Å². The van der Waals surface area contributed by atoms with Crippen molar-refractivity contribution in [3.8, 4) is 0 Å². The highest BCUT2D eigenvalue weighted by Gasteiger charge is 1.97.